The normalized spacial score (nSPS) is 10.6. The van der Waals surface area contributed by atoms with Gasteiger partial charge in [0, 0.05) is 26.6 Å². The van der Waals surface area contributed by atoms with Crippen LogP contribution in [0.4, 0.5) is 5.69 Å². The highest BCUT2D eigenvalue weighted by Crippen LogP contribution is 2.30. The van der Waals surface area contributed by atoms with Gasteiger partial charge in [-0.05, 0) is 30.3 Å². The first-order valence-corrected chi connectivity index (χ1v) is 8.18. The fraction of sp³-hybridized carbons (Fsp3) is 0.0625. The van der Waals surface area contributed by atoms with Crippen molar-refractivity contribution in [2.75, 3.05) is 5.73 Å². The Morgan fingerprint density at radius 3 is 2.68 bits per heavy atom. The van der Waals surface area contributed by atoms with E-state index in [-0.39, 0.29) is 0 Å². The largest absolute Gasteiger partial charge is 0.487 e. The summed E-state index contributed by atoms with van der Waals surface area (Å²) in [5.41, 5.74) is 11.1. The number of nitrogens with zero attached hydrogens (tertiary/aromatic N) is 1. The number of nitrogen functional groups attached to an aromatic ring is 1. The maximum absolute atomic E-state index is 6.13. The summed E-state index contributed by atoms with van der Waals surface area (Å²) < 4.78 is 5.75. The number of ether oxygens (including phenoxy) is 1. The summed E-state index contributed by atoms with van der Waals surface area (Å²) >= 11 is 13.5. The summed E-state index contributed by atoms with van der Waals surface area (Å²) in [5.74, 6) is 0.616. The molecule has 6 heteroatoms. The summed E-state index contributed by atoms with van der Waals surface area (Å²) in [4.78, 5) is 4.26. The van der Waals surface area contributed by atoms with Crippen LogP contribution in [0, 0.1) is 0 Å². The van der Waals surface area contributed by atoms with E-state index in [9.17, 15) is 0 Å². The molecule has 2 aromatic carbocycles. The molecular weight excluding hydrogens is 339 g/mol. The van der Waals surface area contributed by atoms with Crippen LogP contribution in [0.2, 0.25) is 10.0 Å². The van der Waals surface area contributed by atoms with Gasteiger partial charge in [-0.15, -0.1) is 11.3 Å². The number of benzene rings is 2. The van der Waals surface area contributed by atoms with Crippen LogP contribution < -0.4 is 10.5 Å². The monoisotopic (exact) mass is 350 g/mol. The third-order valence-corrected chi connectivity index (χ3v) is 4.31. The van der Waals surface area contributed by atoms with Crippen LogP contribution in [-0.4, -0.2) is 4.98 Å². The lowest BCUT2D eigenvalue weighted by molar-refractivity contribution is 0.308. The van der Waals surface area contributed by atoms with Crippen molar-refractivity contribution in [1.29, 1.82) is 0 Å². The molecule has 0 radical (unpaired) electrons. The predicted octanol–water partition coefficient (Wildman–Crippen LogP) is 5.28. The number of hydrogen-bond donors (Lipinski definition) is 1. The number of halogens is 2. The molecule has 0 bridgehead atoms. The van der Waals surface area contributed by atoms with Crippen molar-refractivity contribution in [3.63, 3.8) is 0 Å². The summed E-state index contributed by atoms with van der Waals surface area (Å²) in [5, 5.41) is 3.15. The second kappa shape index (κ2) is 6.57. The fourth-order valence-electron chi connectivity index (χ4n) is 1.99. The minimum absolute atomic E-state index is 0.330. The van der Waals surface area contributed by atoms with Gasteiger partial charge in [-0.2, -0.15) is 0 Å². The van der Waals surface area contributed by atoms with Gasteiger partial charge in [0.1, 0.15) is 12.4 Å². The van der Waals surface area contributed by atoms with E-state index < -0.39 is 0 Å². The van der Waals surface area contributed by atoms with Crippen molar-refractivity contribution < 1.29 is 4.74 Å². The smallest absolute Gasteiger partial charge is 0.142 e. The molecule has 1 aromatic heterocycles. The fourth-order valence-corrected chi connectivity index (χ4v) is 3.01. The Morgan fingerprint density at radius 1 is 1.14 bits per heavy atom. The second-order valence-corrected chi connectivity index (χ2v) is 6.21. The standard InChI is InChI=1S/C16H12Cl2N2OS/c17-12-3-1-11(13(18)6-12)7-21-16-4-2-10(5-14(16)19)15-8-22-9-20-15/h1-6,8-9H,7,19H2. The van der Waals surface area contributed by atoms with Gasteiger partial charge < -0.3 is 10.5 Å². The number of aromatic nitrogens is 1. The van der Waals surface area contributed by atoms with Crippen molar-refractivity contribution in [3.05, 3.63) is 62.9 Å². The van der Waals surface area contributed by atoms with Crippen molar-refractivity contribution >= 4 is 40.2 Å². The zero-order valence-corrected chi connectivity index (χ0v) is 13.8. The van der Waals surface area contributed by atoms with Gasteiger partial charge in [0.2, 0.25) is 0 Å². The highest BCUT2D eigenvalue weighted by molar-refractivity contribution is 7.07. The summed E-state index contributed by atoms with van der Waals surface area (Å²) in [6, 6.07) is 10.9. The topological polar surface area (TPSA) is 48.1 Å². The van der Waals surface area contributed by atoms with Crippen molar-refractivity contribution in [3.8, 4) is 17.0 Å². The Kier molecular flexibility index (Phi) is 4.52. The summed E-state index contributed by atoms with van der Waals surface area (Å²) in [6.07, 6.45) is 0. The molecule has 3 aromatic rings. The first-order valence-electron chi connectivity index (χ1n) is 6.48. The van der Waals surface area contributed by atoms with Gasteiger partial charge in [0.15, 0.2) is 0 Å². The molecule has 3 nitrogen and oxygen atoms in total. The lowest BCUT2D eigenvalue weighted by Gasteiger charge is -2.11. The third kappa shape index (κ3) is 3.35. The van der Waals surface area contributed by atoms with Gasteiger partial charge in [0.05, 0.1) is 16.9 Å². The van der Waals surface area contributed by atoms with Crippen LogP contribution in [0.25, 0.3) is 11.3 Å². The zero-order valence-electron chi connectivity index (χ0n) is 11.4. The van der Waals surface area contributed by atoms with Crippen LogP contribution in [0.5, 0.6) is 5.75 Å². The summed E-state index contributed by atoms with van der Waals surface area (Å²) in [6.45, 7) is 0.330. The van der Waals surface area contributed by atoms with Gasteiger partial charge in [-0.25, -0.2) is 4.98 Å². The molecule has 0 atom stereocenters. The number of thiazole rings is 1. The van der Waals surface area contributed by atoms with Crippen LogP contribution >= 0.6 is 34.5 Å². The molecule has 0 fully saturated rings. The molecule has 22 heavy (non-hydrogen) atoms. The van der Waals surface area contributed by atoms with Gasteiger partial charge >= 0.3 is 0 Å². The number of rotatable bonds is 4. The van der Waals surface area contributed by atoms with Crippen molar-refractivity contribution in [2.24, 2.45) is 0 Å². The minimum atomic E-state index is 0.330. The first kappa shape index (κ1) is 15.2. The first-order chi connectivity index (χ1) is 10.6. The van der Waals surface area contributed by atoms with Crippen LogP contribution in [-0.2, 0) is 6.61 Å². The molecule has 0 spiro atoms. The van der Waals surface area contributed by atoms with Gasteiger partial charge in [-0.1, -0.05) is 29.3 Å². The molecule has 0 amide bonds. The van der Waals surface area contributed by atoms with E-state index in [1.807, 2.05) is 29.6 Å². The number of anilines is 1. The molecule has 0 aliphatic heterocycles. The molecule has 0 aliphatic rings. The maximum atomic E-state index is 6.13. The Morgan fingerprint density at radius 2 is 2.00 bits per heavy atom. The quantitative estimate of drug-likeness (QED) is 0.651. The van der Waals surface area contributed by atoms with E-state index in [2.05, 4.69) is 4.98 Å². The predicted molar refractivity (Wildman–Crippen MR) is 92.8 cm³/mol. The van der Waals surface area contributed by atoms with E-state index in [0.29, 0.717) is 28.1 Å². The molecule has 0 aliphatic carbocycles. The zero-order chi connectivity index (χ0) is 15.5. The lowest BCUT2D eigenvalue weighted by Crippen LogP contribution is -1.99. The Balaban J connectivity index is 1.75. The van der Waals surface area contributed by atoms with E-state index in [1.165, 1.54) is 0 Å². The van der Waals surface area contributed by atoms with Crippen LogP contribution in [0.3, 0.4) is 0 Å². The number of hydrogen-bond acceptors (Lipinski definition) is 4. The molecule has 0 saturated carbocycles. The van der Waals surface area contributed by atoms with E-state index in [0.717, 1.165) is 16.8 Å². The van der Waals surface area contributed by atoms with Gasteiger partial charge in [0.25, 0.3) is 0 Å². The lowest BCUT2D eigenvalue weighted by atomic mass is 10.1. The SMILES string of the molecule is Nc1cc(-c2cscn2)ccc1OCc1ccc(Cl)cc1Cl. The molecule has 3 rings (SSSR count). The maximum Gasteiger partial charge on any atom is 0.142 e. The van der Waals surface area contributed by atoms with Crippen molar-refractivity contribution in [1.82, 2.24) is 4.98 Å². The van der Waals surface area contributed by atoms with E-state index >= 15 is 0 Å². The molecule has 0 unspecified atom stereocenters. The molecule has 0 saturated heterocycles. The minimum Gasteiger partial charge on any atom is -0.487 e. The molecule has 112 valence electrons. The molecule has 2 N–H and O–H groups in total. The molecule has 1 heterocycles. The van der Waals surface area contributed by atoms with E-state index in [4.69, 9.17) is 33.7 Å². The highest BCUT2D eigenvalue weighted by atomic mass is 35.5. The average molecular weight is 351 g/mol. The Bertz CT molecular complexity index is 791. The number of nitrogens with two attached hydrogens (primary N) is 1. The third-order valence-electron chi connectivity index (χ3n) is 3.14. The second-order valence-electron chi connectivity index (χ2n) is 4.65. The van der Waals surface area contributed by atoms with Crippen LogP contribution in [0.1, 0.15) is 5.56 Å². The molecular formula is C16H12Cl2N2OS. The summed E-state index contributed by atoms with van der Waals surface area (Å²) in [7, 11) is 0. The Labute approximate surface area is 142 Å². The van der Waals surface area contributed by atoms with Gasteiger partial charge in [-0.3, -0.25) is 0 Å². The van der Waals surface area contributed by atoms with Crippen molar-refractivity contribution in [2.45, 2.75) is 6.61 Å². The highest BCUT2D eigenvalue weighted by Gasteiger charge is 2.07. The Hall–Kier alpha value is -1.75. The average Bonchev–Trinajstić information content (AvgIpc) is 3.02. The van der Waals surface area contributed by atoms with E-state index in [1.54, 1.807) is 29.0 Å². The van der Waals surface area contributed by atoms with Crippen LogP contribution in [0.15, 0.2) is 47.3 Å².